The minimum Gasteiger partial charge on any atom is -0.389 e. The van der Waals surface area contributed by atoms with Gasteiger partial charge in [-0.1, -0.05) is 0 Å². The summed E-state index contributed by atoms with van der Waals surface area (Å²) in [5.74, 6) is -0.385. The van der Waals surface area contributed by atoms with Crippen LogP contribution in [0.4, 0.5) is 0 Å². The number of primary amides is 1. The summed E-state index contributed by atoms with van der Waals surface area (Å²) < 4.78 is 0. The Morgan fingerprint density at radius 3 is 2.36 bits per heavy atom. The molecule has 5 N–H and O–H groups in total. The van der Waals surface area contributed by atoms with E-state index in [9.17, 15) is 9.90 Å². The standard InChI is InChI=1S/C7H16N2O2/c1-7(2,11)5(8)3-4-6(9)10/h5,11H,3-4,8H2,1-2H3,(H2,9,10)/t5-/m0/s1. The van der Waals surface area contributed by atoms with Crippen LogP contribution in [0.25, 0.3) is 0 Å². The summed E-state index contributed by atoms with van der Waals surface area (Å²) in [4.78, 5) is 10.3. The molecular weight excluding hydrogens is 144 g/mol. The van der Waals surface area contributed by atoms with Gasteiger partial charge in [0.2, 0.25) is 5.91 Å². The van der Waals surface area contributed by atoms with Crippen molar-refractivity contribution in [3.63, 3.8) is 0 Å². The van der Waals surface area contributed by atoms with Crippen molar-refractivity contribution in [1.82, 2.24) is 0 Å². The number of hydrogen-bond donors (Lipinski definition) is 3. The van der Waals surface area contributed by atoms with Gasteiger partial charge >= 0.3 is 0 Å². The fraction of sp³-hybridized carbons (Fsp3) is 0.857. The molecule has 4 heteroatoms. The molecule has 0 rings (SSSR count). The summed E-state index contributed by atoms with van der Waals surface area (Å²) in [6, 6.07) is -0.394. The molecular formula is C7H16N2O2. The Hall–Kier alpha value is -0.610. The van der Waals surface area contributed by atoms with Crippen LogP contribution < -0.4 is 11.5 Å². The van der Waals surface area contributed by atoms with Crippen LogP contribution in [0.3, 0.4) is 0 Å². The molecule has 0 fully saturated rings. The fourth-order valence-corrected chi connectivity index (χ4v) is 0.651. The summed E-state index contributed by atoms with van der Waals surface area (Å²) in [6.07, 6.45) is 0.657. The summed E-state index contributed by atoms with van der Waals surface area (Å²) in [5, 5.41) is 9.32. The van der Waals surface area contributed by atoms with Crippen molar-refractivity contribution in [2.24, 2.45) is 11.5 Å². The van der Waals surface area contributed by atoms with Crippen molar-refractivity contribution in [1.29, 1.82) is 0 Å². The lowest BCUT2D eigenvalue weighted by Gasteiger charge is -2.24. The molecule has 1 amide bonds. The van der Waals surface area contributed by atoms with Crippen LogP contribution in [-0.4, -0.2) is 22.7 Å². The van der Waals surface area contributed by atoms with Crippen molar-refractivity contribution in [3.05, 3.63) is 0 Å². The first kappa shape index (κ1) is 10.4. The van der Waals surface area contributed by atoms with Crippen LogP contribution >= 0.6 is 0 Å². The molecule has 4 nitrogen and oxygen atoms in total. The van der Waals surface area contributed by atoms with Gasteiger partial charge in [-0.2, -0.15) is 0 Å². The van der Waals surface area contributed by atoms with Crippen molar-refractivity contribution >= 4 is 5.91 Å². The topological polar surface area (TPSA) is 89.3 Å². The first-order valence-electron chi connectivity index (χ1n) is 3.60. The Bertz CT molecular complexity index is 140. The van der Waals surface area contributed by atoms with Gasteiger partial charge in [-0.15, -0.1) is 0 Å². The Morgan fingerprint density at radius 1 is 1.64 bits per heavy atom. The van der Waals surface area contributed by atoms with Crippen LogP contribution in [0.2, 0.25) is 0 Å². The van der Waals surface area contributed by atoms with Gasteiger partial charge in [0.15, 0.2) is 0 Å². The second-order valence-electron chi connectivity index (χ2n) is 3.27. The average Bonchev–Trinajstić information content (AvgIpc) is 1.80. The van der Waals surface area contributed by atoms with Crippen LogP contribution in [-0.2, 0) is 4.79 Å². The minimum atomic E-state index is -0.935. The lowest BCUT2D eigenvalue weighted by Crippen LogP contribution is -2.43. The van der Waals surface area contributed by atoms with Gasteiger partial charge in [0.1, 0.15) is 0 Å². The first-order valence-corrected chi connectivity index (χ1v) is 3.60. The highest BCUT2D eigenvalue weighted by atomic mass is 16.3. The molecule has 0 aliphatic heterocycles. The van der Waals surface area contributed by atoms with Gasteiger partial charge in [0.25, 0.3) is 0 Å². The first-order chi connectivity index (χ1) is 4.84. The molecule has 0 aliphatic carbocycles. The highest BCUT2D eigenvalue weighted by molar-refractivity contribution is 5.73. The molecule has 66 valence electrons. The van der Waals surface area contributed by atoms with Gasteiger partial charge in [-0.05, 0) is 20.3 Å². The Balaban J connectivity index is 3.70. The van der Waals surface area contributed by atoms with Gasteiger partial charge < -0.3 is 16.6 Å². The molecule has 11 heavy (non-hydrogen) atoms. The highest BCUT2D eigenvalue weighted by Crippen LogP contribution is 2.10. The van der Waals surface area contributed by atoms with E-state index in [-0.39, 0.29) is 12.3 Å². The monoisotopic (exact) mass is 160 g/mol. The van der Waals surface area contributed by atoms with E-state index in [2.05, 4.69) is 0 Å². The second kappa shape index (κ2) is 3.69. The molecule has 0 heterocycles. The maximum Gasteiger partial charge on any atom is 0.217 e. The number of rotatable bonds is 4. The lowest BCUT2D eigenvalue weighted by molar-refractivity contribution is -0.118. The van der Waals surface area contributed by atoms with Crippen LogP contribution in [0.15, 0.2) is 0 Å². The average molecular weight is 160 g/mol. The predicted molar refractivity (Wildman–Crippen MR) is 42.7 cm³/mol. The molecule has 0 aromatic rings. The van der Waals surface area contributed by atoms with Gasteiger partial charge in [-0.25, -0.2) is 0 Å². The quantitative estimate of drug-likeness (QED) is 0.510. The molecule has 0 unspecified atom stereocenters. The molecule has 1 atom stereocenters. The SMILES string of the molecule is CC(C)(O)[C@@H](N)CCC(N)=O. The molecule has 0 aliphatic rings. The van der Waals surface area contributed by atoms with E-state index in [1.54, 1.807) is 13.8 Å². The van der Waals surface area contributed by atoms with E-state index >= 15 is 0 Å². The fourth-order valence-electron chi connectivity index (χ4n) is 0.651. The third kappa shape index (κ3) is 4.75. The lowest BCUT2D eigenvalue weighted by atomic mass is 9.95. The Morgan fingerprint density at radius 2 is 2.09 bits per heavy atom. The summed E-state index contributed by atoms with van der Waals surface area (Å²) in [5.41, 5.74) is 9.51. The normalized spacial score (nSPS) is 14.5. The Labute approximate surface area is 66.6 Å². The van der Waals surface area contributed by atoms with E-state index in [1.165, 1.54) is 0 Å². The van der Waals surface area contributed by atoms with Crippen molar-refractivity contribution < 1.29 is 9.90 Å². The third-order valence-corrected chi connectivity index (χ3v) is 1.61. The van der Waals surface area contributed by atoms with E-state index in [0.29, 0.717) is 6.42 Å². The molecule has 0 aromatic carbocycles. The van der Waals surface area contributed by atoms with Crippen molar-refractivity contribution in [2.45, 2.75) is 38.3 Å². The number of hydrogen-bond acceptors (Lipinski definition) is 3. The van der Waals surface area contributed by atoms with Crippen molar-refractivity contribution in [3.8, 4) is 0 Å². The molecule has 0 spiro atoms. The predicted octanol–water partition coefficient (Wildman–Crippen LogP) is -0.650. The van der Waals surface area contributed by atoms with Crippen LogP contribution in [0, 0.1) is 0 Å². The van der Waals surface area contributed by atoms with Crippen LogP contribution in [0.5, 0.6) is 0 Å². The van der Waals surface area contributed by atoms with E-state index < -0.39 is 11.6 Å². The zero-order chi connectivity index (χ0) is 9.07. The van der Waals surface area contributed by atoms with E-state index in [1.807, 2.05) is 0 Å². The van der Waals surface area contributed by atoms with Gasteiger partial charge in [0, 0.05) is 12.5 Å². The molecule has 0 bridgehead atoms. The zero-order valence-electron chi connectivity index (χ0n) is 7.00. The smallest absolute Gasteiger partial charge is 0.217 e. The molecule has 0 aromatic heterocycles. The molecule has 0 radical (unpaired) electrons. The van der Waals surface area contributed by atoms with Crippen molar-refractivity contribution in [2.75, 3.05) is 0 Å². The largest absolute Gasteiger partial charge is 0.389 e. The number of carbonyl (C=O) groups excluding carboxylic acids is 1. The van der Waals surface area contributed by atoms with Crippen LogP contribution in [0.1, 0.15) is 26.7 Å². The summed E-state index contributed by atoms with van der Waals surface area (Å²) in [7, 11) is 0. The maximum absolute atomic E-state index is 10.3. The van der Waals surface area contributed by atoms with E-state index in [0.717, 1.165) is 0 Å². The van der Waals surface area contributed by atoms with E-state index in [4.69, 9.17) is 11.5 Å². The summed E-state index contributed by atoms with van der Waals surface area (Å²) in [6.45, 7) is 3.22. The minimum absolute atomic E-state index is 0.227. The third-order valence-electron chi connectivity index (χ3n) is 1.61. The Kier molecular flexibility index (Phi) is 3.48. The molecule has 0 saturated heterocycles. The zero-order valence-corrected chi connectivity index (χ0v) is 7.00. The van der Waals surface area contributed by atoms with Gasteiger partial charge in [0.05, 0.1) is 5.60 Å². The second-order valence-corrected chi connectivity index (χ2v) is 3.27. The number of aliphatic hydroxyl groups is 1. The number of nitrogens with two attached hydrogens (primary N) is 2. The van der Waals surface area contributed by atoms with Gasteiger partial charge in [-0.3, -0.25) is 4.79 Å². The number of amides is 1. The maximum atomic E-state index is 10.3. The molecule has 0 saturated carbocycles. The highest BCUT2D eigenvalue weighted by Gasteiger charge is 2.22. The number of carbonyl (C=O) groups is 1. The summed E-state index contributed by atoms with van der Waals surface area (Å²) >= 11 is 0.